The molecular weight excluding hydrogens is 564 g/mol. The molecule has 0 radical (unpaired) electrons. The number of anilines is 1. The molecule has 2 N–H and O–H groups in total. The number of fused-ring (bicyclic) bond motifs is 1. The van der Waals surface area contributed by atoms with E-state index in [1.165, 1.54) is 37.3 Å². The molecule has 3 aromatic carbocycles. The molecule has 2 amide bonds. The summed E-state index contributed by atoms with van der Waals surface area (Å²) in [5, 5.41) is 15.4. The Labute approximate surface area is 243 Å². The molecule has 0 aliphatic rings. The number of thiazole rings is 1. The second-order valence-electron chi connectivity index (χ2n) is 8.51. The molecule has 0 atom stereocenters. The first kappa shape index (κ1) is 27.9. The zero-order chi connectivity index (χ0) is 28.8. The van der Waals surface area contributed by atoms with Crippen molar-refractivity contribution >= 4 is 50.3 Å². The van der Waals surface area contributed by atoms with E-state index in [1.54, 1.807) is 29.9 Å². The maximum atomic E-state index is 13.0. The summed E-state index contributed by atoms with van der Waals surface area (Å²) in [4.78, 5) is 30.3. The van der Waals surface area contributed by atoms with Crippen LogP contribution >= 0.6 is 23.1 Å². The SMILES string of the molecule is COc1cc(OC)cc(C(=O)NCc2nnc(SCC(=O)Nc3nc4ccccc4s3)n2-c2ccccc2OC)c1. The van der Waals surface area contributed by atoms with E-state index in [4.69, 9.17) is 14.2 Å². The standard InChI is InChI=1S/C28H26N6O5S2/c1-37-18-12-17(13-19(14-18)38-2)26(36)29-15-24-32-33-28(34(24)21-9-5-6-10-22(21)39-3)40-16-25(35)31-27-30-20-8-4-7-11-23(20)41-27/h4-14H,15-16H2,1-3H3,(H,29,36)(H,30,31,35). The van der Waals surface area contributed by atoms with Crippen LogP contribution in [0.15, 0.2) is 71.9 Å². The van der Waals surface area contributed by atoms with Crippen LogP contribution in [0.25, 0.3) is 15.9 Å². The minimum absolute atomic E-state index is 0.0574. The van der Waals surface area contributed by atoms with Gasteiger partial charge in [0.25, 0.3) is 5.91 Å². The Morgan fingerprint density at radius 3 is 2.39 bits per heavy atom. The summed E-state index contributed by atoms with van der Waals surface area (Å²) in [5.41, 5.74) is 1.86. The van der Waals surface area contributed by atoms with Crippen molar-refractivity contribution in [2.45, 2.75) is 11.7 Å². The van der Waals surface area contributed by atoms with E-state index in [9.17, 15) is 9.59 Å². The normalized spacial score (nSPS) is 10.8. The Balaban J connectivity index is 1.35. The fraction of sp³-hybridized carbons (Fsp3) is 0.179. The summed E-state index contributed by atoms with van der Waals surface area (Å²) in [6.07, 6.45) is 0. The van der Waals surface area contributed by atoms with Gasteiger partial charge in [0.1, 0.15) is 17.2 Å². The highest BCUT2D eigenvalue weighted by atomic mass is 32.2. The van der Waals surface area contributed by atoms with Gasteiger partial charge in [-0.3, -0.25) is 14.2 Å². The number of nitrogens with zero attached hydrogens (tertiary/aromatic N) is 4. The number of ether oxygens (including phenoxy) is 3. The Morgan fingerprint density at radius 2 is 1.66 bits per heavy atom. The predicted molar refractivity (Wildman–Crippen MR) is 158 cm³/mol. The van der Waals surface area contributed by atoms with Crippen molar-refractivity contribution in [2.24, 2.45) is 0 Å². The molecule has 0 saturated heterocycles. The zero-order valence-corrected chi connectivity index (χ0v) is 24.0. The summed E-state index contributed by atoms with van der Waals surface area (Å²) in [7, 11) is 4.61. The van der Waals surface area contributed by atoms with Gasteiger partial charge in [-0.05, 0) is 36.4 Å². The Kier molecular flexibility index (Phi) is 8.65. The van der Waals surface area contributed by atoms with Crippen molar-refractivity contribution in [1.82, 2.24) is 25.1 Å². The van der Waals surface area contributed by atoms with Crippen molar-refractivity contribution in [1.29, 1.82) is 0 Å². The average molecular weight is 591 g/mol. The second-order valence-corrected chi connectivity index (χ2v) is 10.5. The number of thioether (sulfide) groups is 1. The van der Waals surface area contributed by atoms with Gasteiger partial charge in [0.05, 0.1) is 49.5 Å². The van der Waals surface area contributed by atoms with Crippen LogP contribution in [-0.4, -0.2) is 58.6 Å². The van der Waals surface area contributed by atoms with Crippen molar-refractivity contribution < 1.29 is 23.8 Å². The minimum atomic E-state index is -0.346. The number of benzene rings is 3. The zero-order valence-electron chi connectivity index (χ0n) is 22.4. The lowest BCUT2D eigenvalue weighted by Gasteiger charge is -2.14. The van der Waals surface area contributed by atoms with Crippen LogP contribution in [0.1, 0.15) is 16.2 Å². The molecule has 0 unspecified atom stereocenters. The lowest BCUT2D eigenvalue weighted by molar-refractivity contribution is -0.113. The lowest BCUT2D eigenvalue weighted by Crippen LogP contribution is -2.25. The van der Waals surface area contributed by atoms with Crippen LogP contribution in [0.5, 0.6) is 17.2 Å². The third-order valence-electron chi connectivity index (χ3n) is 5.92. The van der Waals surface area contributed by atoms with Crippen molar-refractivity contribution in [2.75, 3.05) is 32.4 Å². The van der Waals surface area contributed by atoms with E-state index in [0.29, 0.717) is 44.6 Å². The van der Waals surface area contributed by atoms with E-state index in [1.807, 2.05) is 48.5 Å². The highest BCUT2D eigenvalue weighted by Crippen LogP contribution is 2.30. The first-order chi connectivity index (χ1) is 20.0. The third-order valence-corrected chi connectivity index (χ3v) is 7.80. The van der Waals surface area contributed by atoms with Crippen LogP contribution in [0.4, 0.5) is 5.13 Å². The highest BCUT2D eigenvalue weighted by molar-refractivity contribution is 7.99. The topological polar surface area (TPSA) is 129 Å². The summed E-state index contributed by atoms with van der Waals surface area (Å²) >= 11 is 2.62. The average Bonchev–Trinajstić information content (AvgIpc) is 3.61. The van der Waals surface area contributed by atoms with Crippen LogP contribution in [0, 0.1) is 0 Å². The van der Waals surface area contributed by atoms with Gasteiger partial charge in [-0.15, -0.1) is 10.2 Å². The summed E-state index contributed by atoms with van der Waals surface area (Å²) < 4.78 is 18.9. The fourth-order valence-corrected chi connectivity index (χ4v) is 5.62. The van der Waals surface area contributed by atoms with Crippen LogP contribution in [0.2, 0.25) is 0 Å². The molecule has 13 heteroatoms. The van der Waals surface area contributed by atoms with Gasteiger partial charge >= 0.3 is 0 Å². The minimum Gasteiger partial charge on any atom is -0.497 e. The number of carbonyl (C=O) groups is 2. The number of methoxy groups -OCH3 is 3. The monoisotopic (exact) mass is 590 g/mol. The number of aromatic nitrogens is 4. The van der Waals surface area contributed by atoms with E-state index >= 15 is 0 Å². The molecule has 5 rings (SSSR count). The molecule has 2 aromatic heterocycles. The molecule has 11 nitrogen and oxygen atoms in total. The Hall–Kier alpha value is -4.62. The fourth-order valence-electron chi connectivity index (χ4n) is 3.98. The molecule has 0 fully saturated rings. The van der Waals surface area contributed by atoms with Crippen molar-refractivity contribution in [3.05, 3.63) is 78.1 Å². The van der Waals surface area contributed by atoms with Crippen molar-refractivity contribution in [3.8, 4) is 22.9 Å². The Morgan fingerprint density at radius 1 is 0.927 bits per heavy atom. The molecule has 0 bridgehead atoms. The summed E-state index contributed by atoms with van der Waals surface area (Å²) in [5.74, 6) is 1.51. The first-order valence-electron chi connectivity index (χ1n) is 12.4. The quantitative estimate of drug-likeness (QED) is 0.213. The smallest absolute Gasteiger partial charge is 0.251 e. The van der Waals surface area contributed by atoms with Crippen LogP contribution in [0.3, 0.4) is 0 Å². The van der Waals surface area contributed by atoms with Gasteiger partial charge in [0.2, 0.25) is 5.91 Å². The van der Waals surface area contributed by atoms with E-state index in [0.717, 1.165) is 10.2 Å². The van der Waals surface area contributed by atoms with Gasteiger partial charge in [-0.25, -0.2) is 4.98 Å². The maximum Gasteiger partial charge on any atom is 0.251 e. The summed E-state index contributed by atoms with van der Waals surface area (Å²) in [6.45, 7) is 0.0574. The molecular formula is C28H26N6O5S2. The van der Waals surface area contributed by atoms with Gasteiger partial charge in [0.15, 0.2) is 16.1 Å². The molecule has 0 aliphatic heterocycles. The number of amides is 2. The molecule has 0 saturated carbocycles. The molecule has 5 aromatic rings. The predicted octanol–water partition coefficient (Wildman–Crippen LogP) is 4.56. The molecule has 2 heterocycles. The number of nitrogens with one attached hydrogen (secondary N) is 2. The molecule has 0 aliphatic carbocycles. The van der Waals surface area contributed by atoms with Gasteiger partial charge in [0, 0.05) is 11.6 Å². The van der Waals surface area contributed by atoms with E-state index < -0.39 is 0 Å². The molecule has 210 valence electrons. The third kappa shape index (κ3) is 6.42. The number of rotatable bonds is 11. The van der Waals surface area contributed by atoms with E-state index in [2.05, 4.69) is 25.8 Å². The number of carbonyl (C=O) groups excluding carboxylic acids is 2. The summed E-state index contributed by atoms with van der Waals surface area (Å²) in [6, 6.07) is 20.0. The van der Waals surface area contributed by atoms with E-state index in [-0.39, 0.29) is 24.1 Å². The number of para-hydroxylation sites is 3. The molecule has 0 spiro atoms. The first-order valence-corrected chi connectivity index (χ1v) is 14.2. The second kappa shape index (κ2) is 12.7. The lowest BCUT2D eigenvalue weighted by atomic mass is 10.2. The Bertz CT molecular complexity index is 1650. The highest BCUT2D eigenvalue weighted by Gasteiger charge is 2.20. The van der Waals surface area contributed by atoms with Gasteiger partial charge in [-0.1, -0.05) is 47.4 Å². The van der Waals surface area contributed by atoms with Crippen LogP contribution < -0.4 is 24.8 Å². The molecule has 41 heavy (non-hydrogen) atoms. The van der Waals surface area contributed by atoms with Crippen molar-refractivity contribution in [3.63, 3.8) is 0 Å². The van der Waals surface area contributed by atoms with Crippen LogP contribution in [-0.2, 0) is 11.3 Å². The van der Waals surface area contributed by atoms with Gasteiger partial charge < -0.3 is 24.8 Å². The number of hydrogen-bond acceptors (Lipinski definition) is 10. The van der Waals surface area contributed by atoms with Gasteiger partial charge in [-0.2, -0.15) is 0 Å². The number of hydrogen-bond donors (Lipinski definition) is 2. The largest absolute Gasteiger partial charge is 0.497 e. The maximum absolute atomic E-state index is 13.0.